The standard InChI is InChI=1S/C24H29NO4/c1-3-28-23(26)11-6-4-5-7-16-29-22-10-8-9-20-21(22)17-25(24(20)27)19-14-12-18(2)13-15-19/h8-10,12-15H,3-7,11,16-17H2,1-2H3. The monoisotopic (exact) mass is 395 g/mol. The van der Waals surface area contributed by atoms with Crippen LogP contribution in [0.5, 0.6) is 5.75 Å². The summed E-state index contributed by atoms with van der Waals surface area (Å²) in [5.74, 6) is 0.691. The van der Waals surface area contributed by atoms with Crippen LogP contribution in [0.1, 0.15) is 60.5 Å². The predicted molar refractivity (Wildman–Crippen MR) is 113 cm³/mol. The van der Waals surface area contributed by atoms with E-state index < -0.39 is 0 Å². The maximum Gasteiger partial charge on any atom is 0.305 e. The summed E-state index contributed by atoms with van der Waals surface area (Å²) >= 11 is 0. The molecule has 5 nitrogen and oxygen atoms in total. The zero-order valence-corrected chi connectivity index (χ0v) is 17.3. The summed E-state index contributed by atoms with van der Waals surface area (Å²) in [5, 5.41) is 0. The Hall–Kier alpha value is -2.82. The maximum absolute atomic E-state index is 12.8. The van der Waals surface area contributed by atoms with Gasteiger partial charge in [0.15, 0.2) is 0 Å². The van der Waals surface area contributed by atoms with Crippen molar-refractivity contribution in [3.63, 3.8) is 0 Å². The van der Waals surface area contributed by atoms with E-state index in [1.54, 1.807) is 4.90 Å². The van der Waals surface area contributed by atoms with Gasteiger partial charge in [-0.3, -0.25) is 9.59 Å². The van der Waals surface area contributed by atoms with Crippen LogP contribution in [-0.2, 0) is 16.1 Å². The first kappa shape index (κ1) is 20.9. The molecule has 29 heavy (non-hydrogen) atoms. The number of nitrogens with zero attached hydrogens (tertiary/aromatic N) is 1. The van der Waals surface area contributed by atoms with E-state index in [9.17, 15) is 9.59 Å². The predicted octanol–water partition coefficient (Wildman–Crippen LogP) is 5.05. The molecule has 0 N–H and O–H groups in total. The van der Waals surface area contributed by atoms with Crippen LogP contribution in [0.25, 0.3) is 0 Å². The molecule has 0 fully saturated rings. The highest BCUT2D eigenvalue weighted by atomic mass is 16.5. The molecule has 0 saturated carbocycles. The topological polar surface area (TPSA) is 55.8 Å². The van der Waals surface area contributed by atoms with E-state index in [2.05, 4.69) is 0 Å². The Labute approximate surface area is 172 Å². The number of unbranched alkanes of at least 4 members (excludes halogenated alkanes) is 3. The fourth-order valence-corrected chi connectivity index (χ4v) is 3.51. The molecule has 0 saturated heterocycles. The van der Waals surface area contributed by atoms with Gasteiger partial charge in [0.1, 0.15) is 5.75 Å². The zero-order valence-electron chi connectivity index (χ0n) is 17.3. The van der Waals surface area contributed by atoms with Crippen molar-refractivity contribution in [2.75, 3.05) is 18.1 Å². The number of ether oxygens (including phenoxy) is 2. The Kier molecular flexibility index (Phi) is 7.28. The molecule has 2 aromatic rings. The van der Waals surface area contributed by atoms with Gasteiger partial charge in [-0.25, -0.2) is 0 Å². The fourth-order valence-electron chi connectivity index (χ4n) is 3.51. The molecule has 0 bridgehead atoms. The maximum atomic E-state index is 12.8. The van der Waals surface area contributed by atoms with Gasteiger partial charge in [0, 0.05) is 23.2 Å². The third-order valence-corrected chi connectivity index (χ3v) is 5.11. The van der Waals surface area contributed by atoms with Crippen LogP contribution in [0.2, 0.25) is 0 Å². The lowest BCUT2D eigenvalue weighted by atomic mass is 10.1. The number of hydrogen-bond donors (Lipinski definition) is 0. The number of rotatable bonds is 10. The number of hydrogen-bond acceptors (Lipinski definition) is 4. The van der Waals surface area contributed by atoms with Crippen molar-refractivity contribution in [2.24, 2.45) is 0 Å². The molecule has 1 heterocycles. The normalized spacial score (nSPS) is 12.8. The molecule has 0 aliphatic carbocycles. The Bertz CT molecular complexity index is 844. The molecule has 0 aromatic heterocycles. The van der Waals surface area contributed by atoms with Gasteiger partial charge < -0.3 is 14.4 Å². The molecular weight excluding hydrogens is 366 g/mol. The van der Waals surface area contributed by atoms with Crippen molar-refractivity contribution >= 4 is 17.6 Å². The molecule has 0 radical (unpaired) electrons. The Morgan fingerprint density at radius 3 is 2.55 bits per heavy atom. The quantitative estimate of drug-likeness (QED) is 0.417. The van der Waals surface area contributed by atoms with Crippen molar-refractivity contribution in [3.05, 3.63) is 59.2 Å². The van der Waals surface area contributed by atoms with Gasteiger partial charge in [-0.2, -0.15) is 0 Å². The highest BCUT2D eigenvalue weighted by Crippen LogP contribution is 2.34. The number of anilines is 1. The van der Waals surface area contributed by atoms with Gasteiger partial charge in [0.2, 0.25) is 0 Å². The first-order chi connectivity index (χ1) is 14.1. The van der Waals surface area contributed by atoms with Gasteiger partial charge in [-0.15, -0.1) is 0 Å². The smallest absolute Gasteiger partial charge is 0.305 e. The summed E-state index contributed by atoms with van der Waals surface area (Å²) in [5.41, 5.74) is 3.76. The van der Waals surface area contributed by atoms with Crippen molar-refractivity contribution < 1.29 is 19.1 Å². The van der Waals surface area contributed by atoms with Crippen LogP contribution in [-0.4, -0.2) is 25.1 Å². The number of carbonyl (C=O) groups is 2. The summed E-state index contributed by atoms with van der Waals surface area (Å²) < 4.78 is 10.9. The minimum Gasteiger partial charge on any atom is -0.493 e. The molecule has 154 valence electrons. The molecule has 0 unspecified atom stereocenters. The lowest BCUT2D eigenvalue weighted by Gasteiger charge is -2.16. The highest BCUT2D eigenvalue weighted by molar-refractivity contribution is 6.10. The van der Waals surface area contributed by atoms with Crippen LogP contribution in [0.4, 0.5) is 5.69 Å². The summed E-state index contributed by atoms with van der Waals surface area (Å²) in [6.07, 6.45) is 4.23. The fraction of sp³-hybridized carbons (Fsp3) is 0.417. The lowest BCUT2D eigenvalue weighted by molar-refractivity contribution is -0.143. The van der Waals surface area contributed by atoms with E-state index in [-0.39, 0.29) is 11.9 Å². The van der Waals surface area contributed by atoms with Crippen LogP contribution in [0, 0.1) is 6.92 Å². The first-order valence-corrected chi connectivity index (χ1v) is 10.4. The van der Waals surface area contributed by atoms with Gasteiger partial charge in [0.25, 0.3) is 5.91 Å². The molecular formula is C24H29NO4. The largest absolute Gasteiger partial charge is 0.493 e. The van der Waals surface area contributed by atoms with E-state index in [0.717, 1.165) is 48.2 Å². The molecule has 1 aliphatic rings. The average molecular weight is 395 g/mol. The van der Waals surface area contributed by atoms with Crippen LogP contribution in [0.3, 0.4) is 0 Å². The minimum atomic E-state index is -0.119. The van der Waals surface area contributed by atoms with Crippen molar-refractivity contribution in [3.8, 4) is 5.75 Å². The Balaban J connectivity index is 1.49. The lowest BCUT2D eigenvalue weighted by Crippen LogP contribution is -2.22. The van der Waals surface area contributed by atoms with Gasteiger partial charge in [-0.1, -0.05) is 36.6 Å². The molecule has 5 heteroatoms. The van der Waals surface area contributed by atoms with E-state index in [4.69, 9.17) is 9.47 Å². The molecule has 0 spiro atoms. The van der Waals surface area contributed by atoms with Gasteiger partial charge in [-0.05, 0) is 51.0 Å². The Morgan fingerprint density at radius 2 is 1.79 bits per heavy atom. The molecule has 1 aliphatic heterocycles. The highest BCUT2D eigenvalue weighted by Gasteiger charge is 2.30. The number of esters is 1. The van der Waals surface area contributed by atoms with Gasteiger partial charge in [0.05, 0.1) is 19.8 Å². The first-order valence-electron chi connectivity index (χ1n) is 10.4. The molecule has 2 aromatic carbocycles. The number of aryl methyl sites for hydroxylation is 1. The second-order valence-corrected chi connectivity index (χ2v) is 7.33. The van der Waals surface area contributed by atoms with E-state index in [0.29, 0.717) is 26.2 Å². The molecule has 1 amide bonds. The van der Waals surface area contributed by atoms with Gasteiger partial charge >= 0.3 is 5.97 Å². The van der Waals surface area contributed by atoms with Crippen LogP contribution in [0.15, 0.2) is 42.5 Å². The van der Waals surface area contributed by atoms with E-state index >= 15 is 0 Å². The van der Waals surface area contributed by atoms with Crippen molar-refractivity contribution in [1.82, 2.24) is 0 Å². The second-order valence-electron chi connectivity index (χ2n) is 7.33. The van der Waals surface area contributed by atoms with E-state index in [1.165, 1.54) is 5.56 Å². The zero-order chi connectivity index (χ0) is 20.6. The summed E-state index contributed by atoms with van der Waals surface area (Å²) in [6, 6.07) is 13.7. The summed E-state index contributed by atoms with van der Waals surface area (Å²) in [6.45, 7) is 5.44. The number of fused-ring (bicyclic) bond motifs is 1. The van der Waals surface area contributed by atoms with Crippen molar-refractivity contribution in [1.29, 1.82) is 0 Å². The third-order valence-electron chi connectivity index (χ3n) is 5.11. The second kappa shape index (κ2) is 10.1. The summed E-state index contributed by atoms with van der Waals surface area (Å²) in [4.78, 5) is 25.9. The van der Waals surface area contributed by atoms with Crippen molar-refractivity contribution in [2.45, 2.75) is 52.5 Å². The number of amides is 1. The number of benzene rings is 2. The average Bonchev–Trinajstić information content (AvgIpc) is 3.05. The summed E-state index contributed by atoms with van der Waals surface area (Å²) in [7, 11) is 0. The van der Waals surface area contributed by atoms with Crippen LogP contribution >= 0.6 is 0 Å². The SMILES string of the molecule is CCOC(=O)CCCCCCOc1cccc2c1CN(c1ccc(C)cc1)C2=O. The minimum absolute atomic E-state index is 0.0215. The molecule has 3 rings (SSSR count). The molecule has 0 atom stereocenters. The van der Waals surface area contributed by atoms with E-state index in [1.807, 2.05) is 56.3 Å². The van der Waals surface area contributed by atoms with Crippen LogP contribution < -0.4 is 9.64 Å². The number of carbonyl (C=O) groups excluding carboxylic acids is 2. The third kappa shape index (κ3) is 5.37. The Morgan fingerprint density at radius 1 is 1.03 bits per heavy atom.